The van der Waals surface area contributed by atoms with Crippen molar-refractivity contribution in [1.29, 1.82) is 0 Å². The van der Waals surface area contributed by atoms with Gasteiger partial charge in [-0.2, -0.15) is 0 Å². The molecule has 0 radical (unpaired) electrons. The molecule has 1 unspecified atom stereocenters. The zero-order chi connectivity index (χ0) is 15.0. The highest BCUT2D eigenvalue weighted by Gasteiger charge is 2.09. The van der Waals surface area contributed by atoms with Crippen LogP contribution < -0.4 is 10.1 Å². The van der Waals surface area contributed by atoms with E-state index in [1.54, 1.807) is 19.1 Å². The van der Waals surface area contributed by atoms with Crippen LogP contribution in [0.5, 0.6) is 5.75 Å². The molecule has 108 valence electrons. The van der Waals surface area contributed by atoms with Gasteiger partial charge < -0.3 is 19.9 Å². The fourth-order valence-electron chi connectivity index (χ4n) is 1.36. The molecule has 0 aromatic heterocycles. The number of hydrogen-bond donors (Lipinski definition) is 2. The molecule has 0 heterocycles. The summed E-state index contributed by atoms with van der Waals surface area (Å²) in [7, 11) is 0. The van der Waals surface area contributed by atoms with Crippen LogP contribution in [0.3, 0.4) is 0 Å². The zero-order valence-corrected chi connectivity index (χ0v) is 11.2. The first-order chi connectivity index (χ1) is 9.52. The summed E-state index contributed by atoms with van der Waals surface area (Å²) in [6.07, 6.45) is 0.915. The van der Waals surface area contributed by atoms with Crippen molar-refractivity contribution in [3.63, 3.8) is 0 Å². The molecule has 0 saturated carbocycles. The van der Waals surface area contributed by atoms with Crippen molar-refractivity contribution in [3.8, 4) is 5.75 Å². The number of rotatable bonds is 7. The summed E-state index contributed by atoms with van der Waals surface area (Å²) in [5.74, 6) is -0.590. The van der Waals surface area contributed by atoms with E-state index >= 15 is 0 Å². The number of carboxylic acid groups (broad SMARTS) is 1. The lowest BCUT2D eigenvalue weighted by Gasteiger charge is -2.14. The molecule has 1 atom stereocenters. The molecule has 20 heavy (non-hydrogen) atoms. The molecule has 0 spiro atoms. The van der Waals surface area contributed by atoms with E-state index < -0.39 is 12.1 Å². The Morgan fingerprint density at radius 1 is 1.50 bits per heavy atom. The van der Waals surface area contributed by atoms with Gasteiger partial charge in [0.2, 0.25) is 0 Å². The van der Waals surface area contributed by atoms with Crippen LogP contribution in [0.15, 0.2) is 36.9 Å². The Balaban J connectivity index is 2.42. The summed E-state index contributed by atoms with van der Waals surface area (Å²) < 4.78 is 10.2. The van der Waals surface area contributed by atoms with E-state index in [4.69, 9.17) is 14.6 Å². The minimum atomic E-state index is -1.02. The molecule has 2 N–H and O–H groups in total. The lowest BCUT2D eigenvalue weighted by atomic mass is 10.2. The maximum absolute atomic E-state index is 11.3. The minimum absolute atomic E-state index is 0.139. The van der Waals surface area contributed by atoms with E-state index in [2.05, 4.69) is 11.9 Å². The number of alkyl carbamates (subject to hydrolysis) is 1. The van der Waals surface area contributed by atoms with E-state index in [9.17, 15) is 9.59 Å². The lowest BCUT2D eigenvalue weighted by Crippen LogP contribution is -2.37. The van der Waals surface area contributed by atoms with Crippen LogP contribution in [0.2, 0.25) is 0 Å². The third kappa shape index (κ3) is 5.43. The van der Waals surface area contributed by atoms with Gasteiger partial charge in [0, 0.05) is 0 Å². The topological polar surface area (TPSA) is 84.9 Å². The summed E-state index contributed by atoms with van der Waals surface area (Å²) in [6, 6.07) is 5.86. The summed E-state index contributed by atoms with van der Waals surface area (Å²) in [4.78, 5) is 22.1. The Bertz CT molecular complexity index is 486. The number of aromatic carboxylic acids is 1. The van der Waals surface area contributed by atoms with E-state index in [0.717, 1.165) is 0 Å². The Morgan fingerprint density at radius 3 is 2.90 bits per heavy atom. The molecule has 1 aromatic carbocycles. The fourth-order valence-corrected chi connectivity index (χ4v) is 1.36. The number of ether oxygens (including phenoxy) is 2. The number of hydrogen-bond acceptors (Lipinski definition) is 4. The van der Waals surface area contributed by atoms with E-state index in [1.807, 2.05) is 0 Å². The second kappa shape index (κ2) is 7.83. The third-order valence-corrected chi connectivity index (χ3v) is 2.28. The molecular formula is C14H17NO5. The molecule has 0 saturated heterocycles. The smallest absolute Gasteiger partial charge is 0.407 e. The quantitative estimate of drug-likeness (QED) is 0.746. The molecule has 1 aromatic rings. The normalized spacial score (nSPS) is 11.2. The van der Waals surface area contributed by atoms with Crippen molar-refractivity contribution in [2.24, 2.45) is 0 Å². The Kier molecular flexibility index (Phi) is 6.09. The van der Waals surface area contributed by atoms with Crippen molar-refractivity contribution >= 4 is 12.1 Å². The third-order valence-electron chi connectivity index (χ3n) is 2.28. The summed E-state index contributed by atoms with van der Waals surface area (Å²) in [5.41, 5.74) is 0.147. The van der Waals surface area contributed by atoms with Gasteiger partial charge in [0.1, 0.15) is 19.0 Å². The van der Waals surface area contributed by atoms with Gasteiger partial charge in [-0.1, -0.05) is 18.7 Å². The molecule has 0 aliphatic carbocycles. The maximum atomic E-state index is 11.3. The van der Waals surface area contributed by atoms with E-state index in [0.29, 0.717) is 5.75 Å². The van der Waals surface area contributed by atoms with Gasteiger partial charge in [0.15, 0.2) is 0 Å². The lowest BCUT2D eigenvalue weighted by molar-refractivity contribution is 0.0696. The molecule has 6 nitrogen and oxygen atoms in total. The Labute approximate surface area is 117 Å². The number of benzene rings is 1. The van der Waals surface area contributed by atoms with Crippen molar-refractivity contribution in [2.75, 3.05) is 13.2 Å². The highest BCUT2D eigenvalue weighted by Crippen LogP contribution is 2.13. The van der Waals surface area contributed by atoms with Crippen LogP contribution in [-0.4, -0.2) is 36.4 Å². The van der Waals surface area contributed by atoms with E-state index in [-0.39, 0.29) is 24.8 Å². The Morgan fingerprint density at radius 2 is 2.25 bits per heavy atom. The van der Waals surface area contributed by atoms with Crippen LogP contribution in [0.25, 0.3) is 0 Å². The van der Waals surface area contributed by atoms with Gasteiger partial charge in [-0.3, -0.25) is 0 Å². The molecule has 0 aliphatic rings. The Hall–Kier alpha value is -2.50. The average Bonchev–Trinajstić information content (AvgIpc) is 2.43. The highest BCUT2D eigenvalue weighted by molar-refractivity contribution is 5.87. The zero-order valence-electron chi connectivity index (χ0n) is 11.2. The van der Waals surface area contributed by atoms with Gasteiger partial charge in [0.25, 0.3) is 0 Å². The number of amides is 1. The first-order valence-electron chi connectivity index (χ1n) is 6.03. The molecule has 1 rings (SSSR count). The van der Waals surface area contributed by atoms with Crippen LogP contribution in [0.4, 0.5) is 4.79 Å². The monoisotopic (exact) mass is 279 g/mol. The van der Waals surface area contributed by atoms with Crippen LogP contribution >= 0.6 is 0 Å². The molecule has 6 heteroatoms. The SMILES string of the molecule is C=CCOC(=O)NC(C)COc1cccc(C(=O)O)c1. The van der Waals surface area contributed by atoms with E-state index in [1.165, 1.54) is 18.2 Å². The second-order valence-electron chi connectivity index (χ2n) is 4.08. The molecule has 0 aliphatic heterocycles. The van der Waals surface area contributed by atoms with Gasteiger partial charge in [-0.15, -0.1) is 0 Å². The highest BCUT2D eigenvalue weighted by atomic mass is 16.5. The molecule has 0 fully saturated rings. The second-order valence-corrected chi connectivity index (χ2v) is 4.08. The van der Waals surface area contributed by atoms with Crippen molar-refractivity contribution < 1.29 is 24.2 Å². The van der Waals surface area contributed by atoms with Gasteiger partial charge in [0.05, 0.1) is 11.6 Å². The molecule has 0 bridgehead atoms. The molecular weight excluding hydrogens is 262 g/mol. The first kappa shape index (κ1) is 15.6. The van der Waals surface area contributed by atoms with Crippen LogP contribution in [-0.2, 0) is 4.74 Å². The van der Waals surface area contributed by atoms with Crippen LogP contribution in [0.1, 0.15) is 17.3 Å². The van der Waals surface area contributed by atoms with Crippen molar-refractivity contribution in [2.45, 2.75) is 13.0 Å². The predicted octanol–water partition coefficient (Wildman–Crippen LogP) is 2.06. The summed E-state index contributed by atoms with van der Waals surface area (Å²) in [5, 5.41) is 11.4. The largest absolute Gasteiger partial charge is 0.491 e. The van der Waals surface area contributed by atoms with Gasteiger partial charge in [-0.25, -0.2) is 9.59 Å². The number of carbonyl (C=O) groups excluding carboxylic acids is 1. The van der Waals surface area contributed by atoms with Crippen molar-refractivity contribution in [1.82, 2.24) is 5.32 Å². The van der Waals surface area contributed by atoms with Gasteiger partial charge >= 0.3 is 12.1 Å². The number of carbonyl (C=O) groups is 2. The molecule has 1 amide bonds. The summed E-state index contributed by atoms with van der Waals surface area (Å²) >= 11 is 0. The van der Waals surface area contributed by atoms with Crippen molar-refractivity contribution in [3.05, 3.63) is 42.5 Å². The average molecular weight is 279 g/mol. The number of nitrogens with one attached hydrogen (secondary N) is 1. The summed E-state index contributed by atoms with van der Waals surface area (Å²) in [6.45, 7) is 5.52. The predicted molar refractivity (Wildman–Crippen MR) is 73.0 cm³/mol. The minimum Gasteiger partial charge on any atom is -0.491 e. The number of carboxylic acids is 1. The first-order valence-corrected chi connectivity index (χ1v) is 6.03. The maximum Gasteiger partial charge on any atom is 0.407 e. The standard InChI is InChI=1S/C14H17NO5/c1-3-7-19-14(18)15-10(2)9-20-12-6-4-5-11(8-12)13(16)17/h3-6,8,10H,1,7,9H2,2H3,(H,15,18)(H,16,17). The van der Waals surface area contributed by atoms with Gasteiger partial charge in [-0.05, 0) is 25.1 Å². The fraction of sp³-hybridized carbons (Fsp3) is 0.286. The van der Waals surface area contributed by atoms with Crippen LogP contribution in [0, 0.1) is 0 Å².